The number of aromatic nitrogens is 1. The van der Waals surface area contributed by atoms with Crippen LogP contribution in [0.25, 0.3) is 10.9 Å². The average Bonchev–Trinajstić information content (AvgIpc) is 2.61. The van der Waals surface area contributed by atoms with Gasteiger partial charge in [-0.1, -0.05) is 30.3 Å². The molecule has 1 aliphatic rings. The molecule has 4 rings (SSSR count). The highest BCUT2D eigenvalue weighted by molar-refractivity contribution is 14.1. The number of aryl methyl sites for hydroxylation is 1. The van der Waals surface area contributed by atoms with Gasteiger partial charge in [-0.05, 0) is 72.0 Å². The monoisotopic (exact) mass is 428 g/mol. The van der Waals surface area contributed by atoms with Crippen LogP contribution in [-0.4, -0.2) is 10.9 Å². The summed E-state index contributed by atoms with van der Waals surface area (Å²) in [5, 5.41) is 4.04. The van der Waals surface area contributed by atoms with Crippen LogP contribution in [0.1, 0.15) is 34.5 Å². The first-order valence-corrected chi connectivity index (χ1v) is 9.28. The smallest absolute Gasteiger partial charge is 0.256 e. The lowest BCUT2D eigenvalue weighted by atomic mass is 9.89. The number of halogens is 1. The summed E-state index contributed by atoms with van der Waals surface area (Å²) in [6.07, 6.45) is 4.16. The Balaban J connectivity index is 1.85. The van der Waals surface area contributed by atoms with E-state index in [-0.39, 0.29) is 5.91 Å². The van der Waals surface area contributed by atoms with Crippen molar-refractivity contribution in [3.05, 3.63) is 68.9 Å². The Morgan fingerprint density at radius 3 is 2.62 bits per heavy atom. The number of amides is 1. The molecule has 3 aromatic rings. The largest absolute Gasteiger partial charge is 0.321 e. The fraction of sp³-hybridized carbons (Fsp3) is 0.200. The number of carbonyl (C=O) groups is 1. The van der Waals surface area contributed by atoms with E-state index in [4.69, 9.17) is 4.98 Å². The van der Waals surface area contributed by atoms with E-state index in [9.17, 15) is 4.79 Å². The third-order valence-electron chi connectivity index (χ3n) is 4.52. The molecule has 2 aromatic carbocycles. The van der Waals surface area contributed by atoms with Crippen molar-refractivity contribution >= 4 is 45.1 Å². The molecule has 0 aliphatic heterocycles. The van der Waals surface area contributed by atoms with Crippen LogP contribution in [-0.2, 0) is 12.8 Å². The van der Waals surface area contributed by atoms with Crippen molar-refractivity contribution in [1.29, 1.82) is 0 Å². The second-order valence-electron chi connectivity index (χ2n) is 6.07. The minimum atomic E-state index is -0.0316. The zero-order chi connectivity index (χ0) is 16.5. The van der Waals surface area contributed by atoms with Gasteiger partial charge in [0.05, 0.1) is 16.8 Å². The van der Waals surface area contributed by atoms with Gasteiger partial charge in [-0.25, -0.2) is 0 Å². The standard InChI is InChI=1S/C20H17IN2O/c21-15-9-3-6-12-18(15)23-20(24)19-13-7-1-4-10-16(13)22-17-11-5-2-8-14(17)19/h1,3-4,6-7,9-10,12H,2,5,8,11H2,(H,23,24). The van der Waals surface area contributed by atoms with Crippen LogP contribution in [0.4, 0.5) is 5.69 Å². The van der Waals surface area contributed by atoms with Crippen LogP contribution >= 0.6 is 22.6 Å². The number of nitrogens with one attached hydrogen (secondary N) is 1. The van der Waals surface area contributed by atoms with Gasteiger partial charge in [0, 0.05) is 14.7 Å². The summed E-state index contributed by atoms with van der Waals surface area (Å²) >= 11 is 2.25. The van der Waals surface area contributed by atoms with Crippen molar-refractivity contribution in [2.75, 3.05) is 5.32 Å². The number of hydrogen-bond acceptors (Lipinski definition) is 2. The van der Waals surface area contributed by atoms with Crippen LogP contribution in [0.5, 0.6) is 0 Å². The Morgan fingerprint density at radius 1 is 1.00 bits per heavy atom. The van der Waals surface area contributed by atoms with E-state index in [0.717, 1.165) is 62.7 Å². The molecule has 24 heavy (non-hydrogen) atoms. The van der Waals surface area contributed by atoms with E-state index in [1.807, 2.05) is 48.5 Å². The summed E-state index contributed by atoms with van der Waals surface area (Å²) in [7, 11) is 0. The number of fused-ring (bicyclic) bond motifs is 2. The summed E-state index contributed by atoms with van der Waals surface area (Å²) in [4.78, 5) is 17.9. The zero-order valence-electron chi connectivity index (χ0n) is 13.2. The number of rotatable bonds is 2. The Morgan fingerprint density at radius 2 is 1.75 bits per heavy atom. The lowest BCUT2D eigenvalue weighted by Crippen LogP contribution is -2.19. The number of benzene rings is 2. The zero-order valence-corrected chi connectivity index (χ0v) is 15.3. The first kappa shape index (κ1) is 15.6. The molecule has 0 spiro atoms. The third-order valence-corrected chi connectivity index (χ3v) is 5.46. The molecule has 0 saturated heterocycles. The first-order chi connectivity index (χ1) is 11.7. The Labute approximate surface area is 154 Å². The fourth-order valence-corrected chi connectivity index (χ4v) is 3.90. The number of nitrogens with zero attached hydrogens (tertiary/aromatic N) is 1. The van der Waals surface area contributed by atoms with Crippen molar-refractivity contribution in [2.45, 2.75) is 25.7 Å². The van der Waals surface area contributed by atoms with Gasteiger partial charge >= 0.3 is 0 Å². The number of anilines is 1. The maximum atomic E-state index is 13.1. The molecule has 1 N–H and O–H groups in total. The number of hydrogen-bond donors (Lipinski definition) is 1. The number of para-hydroxylation sites is 2. The summed E-state index contributed by atoms with van der Waals surface area (Å²) in [5.74, 6) is -0.0316. The van der Waals surface area contributed by atoms with Gasteiger partial charge < -0.3 is 5.32 Å². The molecule has 0 unspecified atom stereocenters. The molecule has 0 atom stereocenters. The van der Waals surface area contributed by atoms with Crippen LogP contribution in [0, 0.1) is 3.57 Å². The highest BCUT2D eigenvalue weighted by Gasteiger charge is 2.22. The minimum absolute atomic E-state index is 0.0316. The molecule has 0 saturated carbocycles. The number of pyridine rings is 1. The molecule has 0 bridgehead atoms. The molecular formula is C20H17IN2O. The molecule has 3 nitrogen and oxygen atoms in total. The van der Waals surface area contributed by atoms with Gasteiger partial charge in [0.1, 0.15) is 0 Å². The van der Waals surface area contributed by atoms with Crippen LogP contribution in [0.3, 0.4) is 0 Å². The maximum Gasteiger partial charge on any atom is 0.256 e. The van der Waals surface area contributed by atoms with Crippen LogP contribution in [0.15, 0.2) is 48.5 Å². The van der Waals surface area contributed by atoms with Crippen molar-refractivity contribution in [2.24, 2.45) is 0 Å². The summed E-state index contributed by atoms with van der Waals surface area (Å²) in [5.41, 5.74) is 4.78. The molecule has 1 aliphatic carbocycles. The van der Waals surface area contributed by atoms with Crippen molar-refractivity contribution < 1.29 is 4.79 Å². The van der Waals surface area contributed by atoms with Gasteiger partial charge in [-0.3, -0.25) is 9.78 Å². The second-order valence-corrected chi connectivity index (χ2v) is 7.23. The third kappa shape index (κ3) is 2.79. The van der Waals surface area contributed by atoms with Gasteiger partial charge in [-0.2, -0.15) is 0 Å². The fourth-order valence-electron chi connectivity index (χ4n) is 3.38. The van der Waals surface area contributed by atoms with E-state index >= 15 is 0 Å². The highest BCUT2D eigenvalue weighted by Crippen LogP contribution is 2.30. The molecule has 0 radical (unpaired) electrons. The molecule has 4 heteroatoms. The van der Waals surface area contributed by atoms with Crippen molar-refractivity contribution in [1.82, 2.24) is 4.98 Å². The Hall–Kier alpha value is -1.95. The molecule has 1 aromatic heterocycles. The van der Waals surface area contributed by atoms with Gasteiger partial charge in [0.25, 0.3) is 5.91 Å². The summed E-state index contributed by atoms with van der Waals surface area (Å²) in [6.45, 7) is 0. The number of carbonyl (C=O) groups excluding carboxylic acids is 1. The van der Waals surface area contributed by atoms with E-state index in [1.165, 1.54) is 0 Å². The van der Waals surface area contributed by atoms with Crippen LogP contribution in [0.2, 0.25) is 0 Å². The Kier molecular flexibility index (Phi) is 4.22. The lowest BCUT2D eigenvalue weighted by Gasteiger charge is -2.20. The van der Waals surface area contributed by atoms with Crippen molar-refractivity contribution in [3.63, 3.8) is 0 Å². The van der Waals surface area contributed by atoms with E-state index in [0.29, 0.717) is 0 Å². The SMILES string of the molecule is O=C(Nc1ccccc1I)c1c2c(nc3ccccc13)CCCC2. The molecular weight excluding hydrogens is 411 g/mol. The first-order valence-electron chi connectivity index (χ1n) is 8.20. The average molecular weight is 428 g/mol. The Bertz CT molecular complexity index is 936. The summed E-state index contributed by atoms with van der Waals surface area (Å²) < 4.78 is 1.04. The highest BCUT2D eigenvalue weighted by atomic mass is 127. The second kappa shape index (κ2) is 6.51. The minimum Gasteiger partial charge on any atom is -0.321 e. The maximum absolute atomic E-state index is 13.1. The predicted octanol–water partition coefficient (Wildman–Crippen LogP) is 4.97. The van der Waals surface area contributed by atoms with Crippen molar-refractivity contribution in [3.8, 4) is 0 Å². The van der Waals surface area contributed by atoms with Gasteiger partial charge in [0.2, 0.25) is 0 Å². The molecule has 1 amide bonds. The quantitative estimate of drug-likeness (QED) is 0.586. The van der Waals surface area contributed by atoms with E-state index in [1.54, 1.807) is 0 Å². The lowest BCUT2D eigenvalue weighted by molar-refractivity contribution is 0.102. The molecule has 0 fully saturated rings. The normalized spacial score (nSPS) is 13.5. The molecule has 120 valence electrons. The molecule has 1 heterocycles. The van der Waals surface area contributed by atoms with E-state index in [2.05, 4.69) is 27.9 Å². The van der Waals surface area contributed by atoms with Gasteiger partial charge in [-0.15, -0.1) is 0 Å². The van der Waals surface area contributed by atoms with Gasteiger partial charge in [0.15, 0.2) is 0 Å². The van der Waals surface area contributed by atoms with E-state index < -0.39 is 0 Å². The van der Waals surface area contributed by atoms with Crippen LogP contribution < -0.4 is 5.32 Å². The predicted molar refractivity (Wildman–Crippen MR) is 105 cm³/mol. The topological polar surface area (TPSA) is 42.0 Å². The summed E-state index contributed by atoms with van der Waals surface area (Å²) in [6, 6.07) is 15.8.